The Morgan fingerprint density at radius 2 is 2.19 bits per heavy atom. The van der Waals surface area contributed by atoms with Crippen molar-refractivity contribution in [1.82, 2.24) is 0 Å². The van der Waals surface area contributed by atoms with E-state index < -0.39 is 0 Å². The van der Waals surface area contributed by atoms with E-state index in [0.717, 1.165) is 31.3 Å². The van der Waals surface area contributed by atoms with E-state index in [1.165, 1.54) is 12.5 Å². The number of allylic oxidation sites excluding steroid dienone is 2. The van der Waals surface area contributed by atoms with E-state index in [1.54, 1.807) is 0 Å². The summed E-state index contributed by atoms with van der Waals surface area (Å²) in [6.45, 7) is 5.77. The molecule has 3 atom stereocenters. The van der Waals surface area contributed by atoms with Crippen LogP contribution in [0.3, 0.4) is 0 Å². The van der Waals surface area contributed by atoms with Crippen molar-refractivity contribution < 1.29 is 19.1 Å². The summed E-state index contributed by atoms with van der Waals surface area (Å²) in [7, 11) is 0. The predicted molar refractivity (Wildman–Crippen MR) is 79.5 cm³/mol. The Morgan fingerprint density at radius 1 is 1.43 bits per heavy atom. The second-order valence-corrected chi connectivity index (χ2v) is 6.09. The molecule has 1 aliphatic heterocycles. The molecule has 0 saturated carbocycles. The van der Waals surface area contributed by atoms with Crippen molar-refractivity contribution in [3.63, 3.8) is 0 Å². The highest BCUT2D eigenvalue weighted by atomic mass is 16.6. The molecule has 3 unspecified atom stereocenters. The zero-order valence-corrected chi connectivity index (χ0v) is 13.1. The SMILES string of the molecule is CC(=O)OCC1=CC2OC(=O)C(C)C2CCC(C)=CCC1. The lowest BCUT2D eigenvalue weighted by molar-refractivity contribution is -0.143. The quantitative estimate of drug-likeness (QED) is 0.579. The molecule has 1 heterocycles. The smallest absolute Gasteiger partial charge is 0.309 e. The van der Waals surface area contributed by atoms with Gasteiger partial charge in [0.1, 0.15) is 12.7 Å². The minimum absolute atomic E-state index is 0.0616. The first-order valence-electron chi connectivity index (χ1n) is 7.66. The van der Waals surface area contributed by atoms with Gasteiger partial charge in [0.05, 0.1) is 5.92 Å². The fourth-order valence-electron chi connectivity index (χ4n) is 2.99. The molecule has 0 bridgehead atoms. The van der Waals surface area contributed by atoms with E-state index >= 15 is 0 Å². The molecule has 0 spiro atoms. The first kappa shape index (κ1) is 15.8. The number of hydrogen-bond donors (Lipinski definition) is 0. The van der Waals surface area contributed by atoms with Gasteiger partial charge in [0.2, 0.25) is 0 Å². The molecule has 2 rings (SSSR count). The first-order valence-corrected chi connectivity index (χ1v) is 7.66. The molecule has 2 aliphatic rings. The maximum Gasteiger partial charge on any atom is 0.309 e. The van der Waals surface area contributed by atoms with Crippen LogP contribution in [0.1, 0.15) is 46.5 Å². The summed E-state index contributed by atoms with van der Waals surface area (Å²) in [5.74, 6) is -0.248. The van der Waals surface area contributed by atoms with Gasteiger partial charge in [-0.15, -0.1) is 0 Å². The maximum atomic E-state index is 11.8. The molecule has 1 saturated heterocycles. The van der Waals surface area contributed by atoms with Crippen LogP contribution in [0.15, 0.2) is 23.3 Å². The summed E-state index contributed by atoms with van der Waals surface area (Å²) in [4.78, 5) is 22.8. The third-order valence-electron chi connectivity index (χ3n) is 4.38. The third-order valence-corrected chi connectivity index (χ3v) is 4.38. The van der Waals surface area contributed by atoms with Gasteiger partial charge in [-0.05, 0) is 44.3 Å². The largest absolute Gasteiger partial charge is 0.461 e. The average Bonchev–Trinajstić information content (AvgIpc) is 2.69. The zero-order valence-electron chi connectivity index (χ0n) is 13.1. The minimum Gasteiger partial charge on any atom is -0.461 e. The standard InChI is InChI=1S/C17H24O4/c1-11-5-4-6-14(10-20-13(3)18)9-16-15(8-7-11)12(2)17(19)21-16/h5,9,12,15-16H,4,6-8,10H2,1-3H3. The lowest BCUT2D eigenvalue weighted by Crippen LogP contribution is -2.19. The molecule has 0 radical (unpaired) electrons. The highest BCUT2D eigenvalue weighted by molar-refractivity contribution is 5.75. The van der Waals surface area contributed by atoms with Gasteiger partial charge in [-0.3, -0.25) is 9.59 Å². The average molecular weight is 292 g/mol. The normalized spacial score (nSPS) is 29.9. The predicted octanol–water partition coefficient (Wildman–Crippen LogP) is 3.17. The van der Waals surface area contributed by atoms with Crippen molar-refractivity contribution in [3.8, 4) is 0 Å². The Labute approximate surface area is 126 Å². The molecular weight excluding hydrogens is 268 g/mol. The van der Waals surface area contributed by atoms with E-state index in [2.05, 4.69) is 13.0 Å². The van der Waals surface area contributed by atoms with Crippen molar-refractivity contribution >= 4 is 11.9 Å². The lowest BCUT2D eigenvalue weighted by Gasteiger charge is -2.20. The molecule has 0 N–H and O–H groups in total. The first-order chi connectivity index (χ1) is 9.97. The van der Waals surface area contributed by atoms with Gasteiger partial charge in [-0.25, -0.2) is 0 Å². The van der Waals surface area contributed by atoms with Crippen molar-refractivity contribution in [2.24, 2.45) is 11.8 Å². The van der Waals surface area contributed by atoms with Gasteiger partial charge in [0.15, 0.2) is 0 Å². The van der Waals surface area contributed by atoms with Crippen LogP contribution in [0.25, 0.3) is 0 Å². The Kier molecular flexibility index (Phi) is 5.21. The highest BCUT2D eigenvalue weighted by Gasteiger charge is 2.40. The summed E-state index contributed by atoms with van der Waals surface area (Å²) < 4.78 is 10.6. The molecule has 116 valence electrons. The number of esters is 2. The van der Waals surface area contributed by atoms with Crippen LogP contribution in [0.2, 0.25) is 0 Å². The highest BCUT2D eigenvalue weighted by Crippen LogP contribution is 2.35. The molecule has 0 aromatic rings. The van der Waals surface area contributed by atoms with Gasteiger partial charge < -0.3 is 9.47 Å². The molecule has 21 heavy (non-hydrogen) atoms. The van der Waals surface area contributed by atoms with Crippen molar-refractivity contribution in [3.05, 3.63) is 23.3 Å². The van der Waals surface area contributed by atoms with Gasteiger partial charge in [-0.1, -0.05) is 18.6 Å². The second-order valence-electron chi connectivity index (χ2n) is 6.09. The molecule has 4 nitrogen and oxygen atoms in total. The van der Waals surface area contributed by atoms with E-state index in [9.17, 15) is 9.59 Å². The molecule has 1 aliphatic carbocycles. The fraction of sp³-hybridized carbons (Fsp3) is 0.647. The summed E-state index contributed by atoms with van der Waals surface area (Å²) in [5, 5.41) is 0. The Balaban J connectivity index is 2.18. The molecule has 4 heteroatoms. The van der Waals surface area contributed by atoms with Crippen LogP contribution >= 0.6 is 0 Å². The lowest BCUT2D eigenvalue weighted by atomic mass is 9.84. The van der Waals surface area contributed by atoms with Gasteiger partial charge >= 0.3 is 11.9 Å². The van der Waals surface area contributed by atoms with Crippen LogP contribution in [0.4, 0.5) is 0 Å². The summed E-state index contributed by atoms with van der Waals surface area (Å²) in [6.07, 6.45) is 7.80. The summed E-state index contributed by atoms with van der Waals surface area (Å²) >= 11 is 0. The molecule has 0 aromatic carbocycles. The van der Waals surface area contributed by atoms with Gasteiger partial charge in [0.25, 0.3) is 0 Å². The molecular formula is C17H24O4. The minimum atomic E-state index is -0.284. The number of carbonyl (C=O) groups is 2. The summed E-state index contributed by atoms with van der Waals surface area (Å²) in [6, 6.07) is 0. The number of carbonyl (C=O) groups excluding carboxylic acids is 2. The fourth-order valence-corrected chi connectivity index (χ4v) is 2.99. The number of ether oxygens (including phenoxy) is 2. The van der Waals surface area contributed by atoms with Crippen molar-refractivity contribution in [2.75, 3.05) is 6.61 Å². The van der Waals surface area contributed by atoms with Gasteiger partial charge in [0, 0.05) is 12.8 Å². The van der Waals surface area contributed by atoms with Crippen LogP contribution in [-0.4, -0.2) is 24.6 Å². The Bertz CT molecular complexity index is 475. The topological polar surface area (TPSA) is 52.6 Å². The summed E-state index contributed by atoms with van der Waals surface area (Å²) in [5.41, 5.74) is 2.39. The van der Waals surface area contributed by atoms with E-state index in [4.69, 9.17) is 9.47 Å². The maximum absolute atomic E-state index is 11.8. The molecule has 0 amide bonds. The van der Waals surface area contributed by atoms with Crippen molar-refractivity contribution in [2.45, 2.75) is 52.6 Å². The second kappa shape index (κ2) is 6.92. The Morgan fingerprint density at radius 3 is 2.90 bits per heavy atom. The number of rotatable bonds is 2. The number of hydrogen-bond acceptors (Lipinski definition) is 4. The van der Waals surface area contributed by atoms with Crippen molar-refractivity contribution in [1.29, 1.82) is 0 Å². The van der Waals surface area contributed by atoms with Crippen LogP contribution in [0, 0.1) is 11.8 Å². The van der Waals surface area contributed by atoms with Crippen LogP contribution < -0.4 is 0 Å². The van der Waals surface area contributed by atoms with Crippen LogP contribution in [0.5, 0.6) is 0 Å². The van der Waals surface area contributed by atoms with Crippen LogP contribution in [-0.2, 0) is 19.1 Å². The monoisotopic (exact) mass is 292 g/mol. The molecule has 1 fully saturated rings. The van der Waals surface area contributed by atoms with Gasteiger partial charge in [-0.2, -0.15) is 0 Å². The number of fused-ring (bicyclic) bond motifs is 1. The van der Waals surface area contributed by atoms with E-state index in [1.807, 2.05) is 13.0 Å². The van der Waals surface area contributed by atoms with E-state index in [0.29, 0.717) is 0 Å². The third kappa shape index (κ3) is 4.19. The van der Waals surface area contributed by atoms with E-state index in [-0.39, 0.29) is 36.5 Å². The molecule has 0 aromatic heterocycles. The Hall–Kier alpha value is -1.58. The zero-order chi connectivity index (χ0) is 15.4.